The second-order valence-electron chi connectivity index (χ2n) is 7.86. The first kappa shape index (κ1) is 22.6. The molecule has 1 heterocycles. The predicted molar refractivity (Wildman–Crippen MR) is 115 cm³/mol. The SMILES string of the molecule is Cc1ccc(C2=C(Nc3ccc(F)c(F)c3)C(=O)N(CCCOC(C)C)C2=O)c(C)c1. The molecule has 0 fully saturated rings. The van der Waals surface area contributed by atoms with Crippen molar-refractivity contribution in [3.05, 3.63) is 70.4 Å². The zero-order valence-electron chi connectivity index (χ0n) is 18.1. The Hall–Kier alpha value is -3.06. The van der Waals surface area contributed by atoms with Crippen molar-refractivity contribution in [2.75, 3.05) is 18.5 Å². The van der Waals surface area contributed by atoms with Crippen molar-refractivity contribution in [3.8, 4) is 0 Å². The van der Waals surface area contributed by atoms with Crippen LogP contribution in [0.1, 0.15) is 37.0 Å². The first-order valence-corrected chi connectivity index (χ1v) is 10.2. The molecule has 5 nitrogen and oxygen atoms in total. The smallest absolute Gasteiger partial charge is 0.278 e. The number of halogens is 2. The number of benzene rings is 2. The van der Waals surface area contributed by atoms with E-state index in [0.29, 0.717) is 18.6 Å². The maximum Gasteiger partial charge on any atom is 0.278 e. The average Bonchev–Trinajstić information content (AvgIpc) is 2.92. The number of rotatable bonds is 8. The third-order valence-corrected chi connectivity index (χ3v) is 4.99. The molecule has 1 aliphatic rings. The largest absolute Gasteiger partial charge is 0.379 e. The van der Waals surface area contributed by atoms with Gasteiger partial charge in [0.25, 0.3) is 11.8 Å². The lowest BCUT2D eigenvalue weighted by Crippen LogP contribution is -2.34. The quantitative estimate of drug-likeness (QED) is 0.494. The Morgan fingerprint density at radius 2 is 1.74 bits per heavy atom. The maximum atomic E-state index is 13.7. The van der Waals surface area contributed by atoms with Gasteiger partial charge in [0.05, 0.1) is 11.7 Å². The van der Waals surface area contributed by atoms with Crippen LogP contribution in [-0.4, -0.2) is 36.0 Å². The molecule has 0 saturated carbocycles. The van der Waals surface area contributed by atoms with Crippen LogP contribution in [0, 0.1) is 25.5 Å². The lowest BCUT2D eigenvalue weighted by molar-refractivity contribution is -0.137. The Labute approximate surface area is 180 Å². The van der Waals surface area contributed by atoms with Crippen LogP contribution in [0.5, 0.6) is 0 Å². The summed E-state index contributed by atoms with van der Waals surface area (Å²) in [5.41, 5.74) is 2.93. The molecule has 31 heavy (non-hydrogen) atoms. The van der Waals surface area contributed by atoms with Crippen LogP contribution < -0.4 is 5.32 Å². The molecule has 0 saturated heterocycles. The molecule has 0 spiro atoms. The standard InChI is InChI=1S/C24H26F2N2O3/c1-14(2)31-11-5-10-28-23(29)21(18-8-6-15(3)12-16(18)4)22(24(28)30)27-17-7-9-19(25)20(26)13-17/h6-9,12-14,27H,5,10-11H2,1-4H3. The summed E-state index contributed by atoms with van der Waals surface area (Å²) in [7, 11) is 0. The highest BCUT2D eigenvalue weighted by Crippen LogP contribution is 2.33. The van der Waals surface area contributed by atoms with Gasteiger partial charge in [-0.15, -0.1) is 0 Å². The number of amides is 2. The van der Waals surface area contributed by atoms with Gasteiger partial charge >= 0.3 is 0 Å². The molecule has 0 bridgehead atoms. The Kier molecular flexibility index (Phi) is 6.85. The summed E-state index contributed by atoms with van der Waals surface area (Å²) in [6.45, 7) is 8.24. The van der Waals surface area contributed by atoms with Crippen LogP contribution in [0.3, 0.4) is 0 Å². The van der Waals surface area contributed by atoms with E-state index in [0.717, 1.165) is 23.3 Å². The number of aryl methyl sites for hydroxylation is 2. The van der Waals surface area contributed by atoms with Crippen LogP contribution in [0.2, 0.25) is 0 Å². The molecule has 2 aromatic rings. The molecule has 1 N–H and O–H groups in total. The van der Waals surface area contributed by atoms with Gasteiger partial charge in [-0.2, -0.15) is 0 Å². The van der Waals surface area contributed by atoms with Crippen molar-refractivity contribution in [1.29, 1.82) is 0 Å². The molecule has 0 aromatic heterocycles. The molecule has 2 aromatic carbocycles. The van der Waals surface area contributed by atoms with Crippen LogP contribution in [0.25, 0.3) is 5.57 Å². The van der Waals surface area contributed by atoms with Gasteiger partial charge in [-0.3, -0.25) is 14.5 Å². The number of nitrogens with zero attached hydrogens (tertiary/aromatic N) is 1. The van der Waals surface area contributed by atoms with Crippen LogP contribution >= 0.6 is 0 Å². The summed E-state index contributed by atoms with van der Waals surface area (Å²) in [5.74, 6) is -2.96. The number of hydrogen-bond donors (Lipinski definition) is 1. The maximum absolute atomic E-state index is 13.7. The highest BCUT2D eigenvalue weighted by molar-refractivity contribution is 6.36. The fourth-order valence-corrected chi connectivity index (χ4v) is 3.50. The van der Waals surface area contributed by atoms with Crippen LogP contribution in [0.4, 0.5) is 14.5 Å². The van der Waals surface area contributed by atoms with Gasteiger partial charge in [0, 0.05) is 24.9 Å². The van der Waals surface area contributed by atoms with E-state index in [1.165, 1.54) is 11.0 Å². The molecule has 0 radical (unpaired) electrons. The Morgan fingerprint density at radius 3 is 2.39 bits per heavy atom. The number of carbonyl (C=O) groups excluding carboxylic acids is 2. The Morgan fingerprint density at radius 1 is 1.00 bits per heavy atom. The number of ether oxygens (including phenoxy) is 1. The summed E-state index contributed by atoms with van der Waals surface area (Å²) < 4.78 is 32.5. The summed E-state index contributed by atoms with van der Waals surface area (Å²) in [4.78, 5) is 27.5. The van der Waals surface area contributed by atoms with E-state index in [9.17, 15) is 18.4 Å². The number of hydrogen-bond acceptors (Lipinski definition) is 4. The zero-order valence-corrected chi connectivity index (χ0v) is 18.1. The Bertz CT molecular complexity index is 1050. The van der Waals surface area contributed by atoms with Crippen LogP contribution in [-0.2, 0) is 14.3 Å². The van der Waals surface area contributed by atoms with Gasteiger partial charge in [0.2, 0.25) is 0 Å². The molecule has 7 heteroatoms. The third-order valence-electron chi connectivity index (χ3n) is 4.99. The minimum Gasteiger partial charge on any atom is -0.379 e. The van der Waals surface area contributed by atoms with E-state index in [-0.39, 0.29) is 29.6 Å². The molecular weight excluding hydrogens is 402 g/mol. The summed E-state index contributed by atoms with van der Waals surface area (Å²) in [6, 6.07) is 8.83. The molecule has 0 aliphatic carbocycles. The lowest BCUT2D eigenvalue weighted by atomic mass is 9.97. The van der Waals surface area contributed by atoms with Gasteiger partial charge in [-0.05, 0) is 57.4 Å². The van der Waals surface area contributed by atoms with Gasteiger partial charge in [-0.1, -0.05) is 23.8 Å². The van der Waals surface area contributed by atoms with Crippen molar-refractivity contribution in [2.24, 2.45) is 0 Å². The summed E-state index contributed by atoms with van der Waals surface area (Å²) in [5, 5.41) is 2.85. The highest BCUT2D eigenvalue weighted by Gasteiger charge is 2.39. The second kappa shape index (κ2) is 9.39. The third kappa shape index (κ3) is 4.99. The summed E-state index contributed by atoms with van der Waals surface area (Å²) in [6.07, 6.45) is 0.549. The molecule has 2 amide bonds. The van der Waals surface area contributed by atoms with E-state index in [1.54, 1.807) is 6.07 Å². The van der Waals surface area contributed by atoms with E-state index < -0.39 is 23.4 Å². The predicted octanol–water partition coefficient (Wildman–Crippen LogP) is 4.59. The number of imide groups is 1. The second-order valence-corrected chi connectivity index (χ2v) is 7.86. The molecule has 1 aliphatic heterocycles. The number of nitrogens with one attached hydrogen (secondary N) is 1. The monoisotopic (exact) mass is 428 g/mol. The van der Waals surface area contributed by atoms with E-state index in [1.807, 2.05) is 39.8 Å². The van der Waals surface area contributed by atoms with Gasteiger partial charge in [0.1, 0.15) is 5.70 Å². The fraction of sp³-hybridized carbons (Fsp3) is 0.333. The molecule has 164 valence electrons. The van der Waals surface area contributed by atoms with E-state index >= 15 is 0 Å². The normalized spacial score (nSPS) is 14.2. The zero-order chi connectivity index (χ0) is 22.7. The van der Waals surface area contributed by atoms with Crippen LogP contribution in [0.15, 0.2) is 42.1 Å². The molecular formula is C24H26F2N2O3. The Balaban J connectivity index is 1.96. The van der Waals surface area contributed by atoms with Crippen molar-refractivity contribution in [3.63, 3.8) is 0 Å². The molecule has 3 rings (SSSR count). The number of anilines is 1. The minimum absolute atomic E-state index is 0.0488. The molecule has 0 unspecified atom stereocenters. The first-order chi connectivity index (χ1) is 14.7. The fourth-order valence-electron chi connectivity index (χ4n) is 3.50. The summed E-state index contributed by atoms with van der Waals surface area (Å²) >= 11 is 0. The minimum atomic E-state index is -1.04. The van der Waals surface area contributed by atoms with Crippen molar-refractivity contribution in [1.82, 2.24) is 4.90 Å². The number of carbonyl (C=O) groups is 2. The van der Waals surface area contributed by atoms with E-state index in [4.69, 9.17) is 4.74 Å². The van der Waals surface area contributed by atoms with Crippen molar-refractivity contribution in [2.45, 2.75) is 40.2 Å². The van der Waals surface area contributed by atoms with Gasteiger partial charge < -0.3 is 10.1 Å². The van der Waals surface area contributed by atoms with Crippen molar-refractivity contribution >= 4 is 23.1 Å². The topological polar surface area (TPSA) is 58.6 Å². The molecule has 0 atom stereocenters. The first-order valence-electron chi connectivity index (χ1n) is 10.2. The van der Waals surface area contributed by atoms with E-state index in [2.05, 4.69) is 5.32 Å². The lowest BCUT2D eigenvalue weighted by Gasteiger charge is -2.16. The van der Waals surface area contributed by atoms with Gasteiger partial charge in [0.15, 0.2) is 11.6 Å². The van der Waals surface area contributed by atoms with Gasteiger partial charge in [-0.25, -0.2) is 8.78 Å². The van der Waals surface area contributed by atoms with Crippen molar-refractivity contribution < 1.29 is 23.1 Å². The highest BCUT2D eigenvalue weighted by atomic mass is 19.2. The average molecular weight is 428 g/mol.